The van der Waals surface area contributed by atoms with Crippen LogP contribution in [-0.4, -0.2) is 11.5 Å². The van der Waals surface area contributed by atoms with Gasteiger partial charge in [-0.15, -0.1) is 11.6 Å². The quantitative estimate of drug-likeness (QED) is 0.665. The molecule has 2 atom stereocenters. The topological polar surface area (TPSA) is 9.23 Å². The highest BCUT2D eigenvalue weighted by Crippen LogP contribution is 2.57. The van der Waals surface area contributed by atoms with Gasteiger partial charge < -0.3 is 4.74 Å². The van der Waals surface area contributed by atoms with E-state index in [4.69, 9.17) is 16.3 Å². The Kier molecular flexibility index (Phi) is 4.26. The first-order chi connectivity index (χ1) is 9.74. The van der Waals surface area contributed by atoms with Crippen molar-refractivity contribution in [2.24, 2.45) is 5.41 Å². The van der Waals surface area contributed by atoms with Crippen molar-refractivity contribution < 1.29 is 4.74 Å². The third-order valence-corrected chi connectivity index (χ3v) is 5.85. The van der Waals surface area contributed by atoms with E-state index in [2.05, 4.69) is 31.2 Å². The molecule has 20 heavy (non-hydrogen) atoms. The van der Waals surface area contributed by atoms with Gasteiger partial charge in [-0.25, -0.2) is 0 Å². The van der Waals surface area contributed by atoms with Crippen molar-refractivity contribution in [3.05, 3.63) is 29.8 Å². The Bertz CT molecular complexity index is 433. The minimum Gasteiger partial charge on any atom is -0.490 e. The number of halogens is 1. The zero-order valence-corrected chi connectivity index (χ0v) is 13.2. The monoisotopic (exact) mass is 292 g/mol. The van der Waals surface area contributed by atoms with Gasteiger partial charge in [0.2, 0.25) is 0 Å². The van der Waals surface area contributed by atoms with E-state index < -0.39 is 0 Å². The Labute approximate surface area is 127 Å². The second kappa shape index (κ2) is 5.97. The van der Waals surface area contributed by atoms with Crippen molar-refractivity contribution >= 4 is 11.6 Å². The largest absolute Gasteiger partial charge is 0.490 e. The number of hydrogen-bond acceptors (Lipinski definition) is 1. The molecular formula is C18H25ClO. The second-order valence-electron chi connectivity index (χ2n) is 6.50. The molecule has 1 nitrogen and oxygen atoms in total. The van der Waals surface area contributed by atoms with E-state index in [9.17, 15) is 0 Å². The lowest BCUT2D eigenvalue weighted by atomic mass is 9.64. The van der Waals surface area contributed by atoms with E-state index in [0.717, 1.165) is 12.2 Å². The van der Waals surface area contributed by atoms with Gasteiger partial charge >= 0.3 is 0 Å². The van der Waals surface area contributed by atoms with Crippen molar-refractivity contribution in [1.82, 2.24) is 0 Å². The molecule has 0 aromatic heterocycles. The molecule has 2 fully saturated rings. The number of unbranched alkanes of at least 4 members (excludes halogenated alkanes) is 1. The molecule has 1 aromatic carbocycles. The van der Waals surface area contributed by atoms with E-state index >= 15 is 0 Å². The van der Waals surface area contributed by atoms with Crippen molar-refractivity contribution in [3.63, 3.8) is 0 Å². The van der Waals surface area contributed by atoms with E-state index in [1.807, 2.05) is 0 Å². The summed E-state index contributed by atoms with van der Waals surface area (Å²) in [7, 11) is 0. The summed E-state index contributed by atoms with van der Waals surface area (Å²) in [6, 6.07) is 8.69. The molecule has 0 aliphatic heterocycles. The molecule has 2 heteroatoms. The Morgan fingerprint density at radius 1 is 1.20 bits per heavy atom. The maximum atomic E-state index is 6.48. The van der Waals surface area contributed by atoms with E-state index in [1.165, 1.54) is 50.5 Å². The number of aryl methyl sites for hydroxylation is 1. The lowest BCUT2D eigenvalue weighted by Crippen LogP contribution is -2.55. The third kappa shape index (κ3) is 2.57. The maximum absolute atomic E-state index is 6.48. The third-order valence-electron chi connectivity index (χ3n) is 5.24. The molecule has 2 unspecified atom stereocenters. The highest BCUT2D eigenvalue weighted by atomic mass is 35.5. The highest BCUT2D eigenvalue weighted by molar-refractivity contribution is 6.21. The van der Waals surface area contributed by atoms with Crippen molar-refractivity contribution in [2.45, 2.75) is 69.8 Å². The van der Waals surface area contributed by atoms with Gasteiger partial charge in [-0.1, -0.05) is 38.3 Å². The first-order valence-electron chi connectivity index (χ1n) is 8.14. The summed E-state index contributed by atoms with van der Waals surface area (Å²) in [5.41, 5.74) is 1.70. The van der Waals surface area contributed by atoms with Crippen LogP contribution in [0.2, 0.25) is 0 Å². The molecule has 0 radical (unpaired) electrons. The number of benzene rings is 1. The Morgan fingerprint density at radius 2 is 1.90 bits per heavy atom. The van der Waals surface area contributed by atoms with Gasteiger partial charge in [0.15, 0.2) is 0 Å². The SMILES string of the molecule is CCCCc1ccc(OC2CC(Cl)C23CCCC3)cc1. The van der Waals surface area contributed by atoms with Crippen LogP contribution in [0, 0.1) is 5.41 Å². The van der Waals surface area contributed by atoms with Crippen LogP contribution in [-0.2, 0) is 6.42 Å². The molecule has 0 bridgehead atoms. The van der Waals surface area contributed by atoms with Crippen LogP contribution in [0.25, 0.3) is 0 Å². The minimum absolute atomic E-state index is 0.280. The smallest absolute Gasteiger partial charge is 0.119 e. The molecule has 0 amide bonds. The summed E-state index contributed by atoms with van der Waals surface area (Å²) >= 11 is 6.48. The average molecular weight is 293 g/mol. The fourth-order valence-electron chi connectivity index (χ4n) is 3.81. The fraction of sp³-hybridized carbons (Fsp3) is 0.667. The standard InChI is InChI=1S/C18H25ClO/c1-2-3-6-14-7-9-15(10-8-14)20-17-13-16(19)18(17)11-4-5-12-18/h7-10,16-17H,2-6,11-13H2,1H3. The Balaban J connectivity index is 1.60. The van der Waals surface area contributed by atoms with Gasteiger partial charge in [0, 0.05) is 17.2 Å². The van der Waals surface area contributed by atoms with Gasteiger partial charge in [0.1, 0.15) is 11.9 Å². The minimum atomic E-state index is 0.280. The highest BCUT2D eigenvalue weighted by Gasteiger charge is 2.56. The van der Waals surface area contributed by atoms with E-state index in [-0.39, 0.29) is 5.41 Å². The summed E-state index contributed by atoms with van der Waals surface area (Å²) in [5.74, 6) is 1.02. The number of ether oxygens (including phenoxy) is 1. The molecule has 2 aliphatic rings. The molecule has 2 saturated carbocycles. The van der Waals surface area contributed by atoms with Gasteiger partial charge in [-0.05, 0) is 43.4 Å². The summed E-state index contributed by atoms with van der Waals surface area (Å²) in [6.07, 6.45) is 10.2. The van der Waals surface area contributed by atoms with Crippen LogP contribution < -0.4 is 4.74 Å². The predicted octanol–water partition coefficient (Wildman–Crippen LogP) is 5.35. The number of rotatable bonds is 5. The average Bonchev–Trinajstić information content (AvgIpc) is 2.99. The van der Waals surface area contributed by atoms with Crippen LogP contribution in [0.5, 0.6) is 5.75 Å². The summed E-state index contributed by atoms with van der Waals surface area (Å²) in [4.78, 5) is 0. The van der Waals surface area contributed by atoms with Crippen LogP contribution >= 0.6 is 11.6 Å². The Hall–Kier alpha value is -0.690. The van der Waals surface area contributed by atoms with Gasteiger partial charge in [0.05, 0.1) is 0 Å². The summed E-state index contributed by atoms with van der Waals surface area (Å²) in [5, 5.41) is 0.332. The van der Waals surface area contributed by atoms with E-state index in [1.54, 1.807) is 0 Å². The van der Waals surface area contributed by atoms with Gasteiger partial charge in [-0.2, -0.15) is 0 Å². The first kappa shape index (κ1) is 14.3. The number of hydrogen-bond donors (Lipinski definition) is 0. The molecule has 1 spiro atoms. The zero-order valence-electron chi connectivity index (χ0n) is 12.4. The Morgan fingerprint density at radius 3 is 2.50 bits per heavy atom. The molecule has 0 N–H and O–H groups in total. The molecular weight excluding hydrogens is 268 g/mol. The summed E-state index contributed by atoms with van der Waals surface area (Å²) < 4.78 is 6.23. The van der Waals surface area contributed by atoms with Crippen molar-refractivity contribution in [1.29, 1.82) is 0 Å². The van der Waals surface area contributed by atoms with Crippen molar-refractivity contribution in [2.75, 3.05) is 0 Å². The molecule has 0 saturated heterocycles. The molecule has 110 valence electrons. The normalized spacial score (nSPS) is 27.5. The molecule has 0 heterocycles. The molecule has 1 aromatic rings. The van der Waals surface area contributed by atoms with Crippen LogP contribution in [0.3, 0.4) is 0 Å². The van der Waals surface area contributed by atoms with Crippen LogP contribution in [0.4, 0.5) is 0 Å². The van der Waals surface area contributed by atoms with Crippen LogP contribution in [0.1, 0.15) is 57.4 Å². The number of alkyl halides is 1. The lowest BCUT2D eigenvalue weighted by Gasteiger charge is -2.50. The molecule has 2 aliphatic carbocycles. The van der Waals surface area contributed by atoms with Crippen LogP contribution in [0.15, 0.2) is 24.3 Å². The van der Waals surface area contributed by atoms with Gasteiger partial charge in [0.25, 0.3) is 0 Å². The van der Waals surface area contributed by atoms with Gasteiger partial charge in [-0.3, -0.25) is 0 Å². The first-order valence-corrected chi connectivity index (χ1v) is 8.58. The second-order valence-corrected chi connectivity index (χ2v) is 7.02. The maximum Gasteiger partial charge on any atom is 0.119 e. The molecule has 3 rings (SSSR count). The fourth-order valence-corrected chi connectivity index (χ4v) is 4.33. The zero-order chi connectivity index (χ0) is 14.0. The lowest BCUT2D eigenvalue weighted by molar-refractivity contribution is -0.0355. The van der Waals surface area contributed by atoms with E-state index in [0.29, 0.717) is 11.5 Å². The predicted molar refractivity (Wildman–Crippen MR) is 84.6 cm³/mol. The van der Waals surface area contributed by atoms with Crippen molar-refractivity contribution in [3.8, 4) is 5.75 Å². The summed E-state index contributed by atoms with van der Waals surface area (Å²) in [6.45, 7) is 2.23.